The molecule has 88 valence electrons. The Morgan fingerprint density at radius 1 is 1.81 bits per heavy atom. The van der Waals surface area contributed by atoms with Crippen LogP contribution in [0.15, 0.2) is 21.2 Å². The predicted octanol–water partition coefficient (Wildman–Crippen LogP) is 0.695. The Balaban J connectivity index is 2.69. The molecule has 1 atom stereocenters. The number of rotatable bonds is 4. The summed E-state index contributed by atoms with van der Waals surface area (Å²) in [6, 6.07) is 1.43. The van der Waals surface area contributed by atoms with Gasteiger partial charge in [-0.3, -0.25) is 4.79 Å². The second kappa shape index (κ2) is 5.55. The van der Waals surface area contributed by atoms with Crippen LogP contribution in [0.25, 0.3) is 0 Å². The van der Waals surface area contributed by atoms with Crippen molar-refractivity contribution in [2.24, 2.45) is 10.9 Å². The van der Waals surface area contributed by atoms with Gasteiger partial charge in [0.15, 0.2) is 5.16 Å². The van der Waals surface area contributed by atoms with Crippen molar-refractivity contribution in [3.8, 4) is 0 Å². The van der Waals surface area contributed by atoms with E-state index in [1.807, 2.05) is 6.92 Å². The van der Waals surface area contributed by atoms with Crippen LogP contribution in [0.3, 0.4) is 0 Å². The van der Waals surface area contributed by atoms with E-state index in [1.54, 1.807) is 6.92 Å². The number of hydrogen-bond donors (Lipinski definition) is 3. The fourth-order valence-corrected chi connectivity index (χ4v) is 2.17. The molecule has 16 heavy (non-hydrogen) atoms. The third kappa shape index (κ3) is 3.93. The Hall–Kier alpha value is -1.50. The zero-order valence-corrected chi connectivity index (χ0v) is 9.91. The number of nitrogens with one attached hydrogen (secondary N) is 1. The van der Waals surface area contributed by atoms with Crippen molar-refractivity contribution >= 4 is 17.6 Å². The molecule has 1 unspecified atom stereocenters. The van der Waals surface area contributed by atoms with Crippen molar-refractivity contribution in [2.75, 3.05) is 0 Å². The molecular formula is C9H14N4O2S. The highest BCUT2D eigenvalue weighted by Gasteiger charge is 2.09. The molecule has 0 amide bonds. The maximum absolute atomic E-state index is 11.2. The van der Waals surface area contributed by atoms with E-state index in [4.69, 9.17) is 10.9 Å². The summed E-state index contributed by atoms with van der Waals surface area (Å²) in [4.78, 5) is 18.0. The Morgan fingerprint density at radius 2 is 2.50 bits per heavy atom. The number of nitrogens with zero attached hydrogens (tertiary/aromatic N) is 2. The van der Waals surface area contributed by atoms with Gasteiger partial charge >= 0.3 is 0 Å². The van der Waals surface area contributed by atoms with Crippen LogP contribution in [0.2, 0.25) is 0 Å². The summed E-state index contributed by atoms with van der Waals surface area (Å²) in [6.07, 6.45) is 0.429. The van der Waals surface area contributed by atoms with Crippen molar-refractivity contribution in [3.05, 3.63) is 22.1 Å². The number of oxime groups is 1. The number of amidine groups is 1. The number of nitrogens with two attached hydrogens (primary N) is 1. The molecule has 0 saturated carbocycles. The molecule has 0 bridgehead atoms. The summed E-state index contributed by atoms with van der Waals surface area (Å²) in [6.45, 7) is 3.67. The molecule has 0 aliphatic heterocycles. The molecule has 0 aliphatic rings. The summed E-state index contributed by atoms with van der Waals surface area (Å²) in [7, 11) is 0. The van der Waals surface area contributed by atoms with Gasteiger partial charge in [0.1, 0.15) is 5.84 Å². The van der Waals surface area contributed by atoms with Crippen LogP contribution in [-0.4, -0.2) is 26.3 Å². The van der Waals surface area contributed by atoms with Crippen molar-refractivity contribution in [3.63, 3.8) is 0 Å². The normalized spacial score (nSPS) is 13.8. The summed E-state index contributed by atoms with van der Waals surface area (Å²) in [5.41, 5.74) is 5.88. The van der Waals surface area contributed by atoms with E-state index in [-0.39, 0.29) is 16.6 Å². The molecule has 0 aliphatic carbocycles. The van der Waals surface area contributed by atoms with Gasteiger partial charge in [-0.1, -0.05) is 23.8 Å². The van der Waals surface area contributed by atoms with Gasteiger partial charge in [-0.2, -0.15) is 0 Å². The first-order chi connectivity index (χ1) is 7.51. The highest BCUT2D eigenvalue weighted by Crippen LogP contribution is 2.20. The van der Waals surface area contributed by atoms with Gasteiger partial charge in [-0.25, -0.2) is 4.98 Å². The zero-order valence-electron chi connectivity index (χ0n) is 9.10. The fourth-order valence-electron chi connectivity index (χ4n) is 1.17. The molecule has 7 heteroatoms. The average Bonchev–Trinajstić information content (AvgIpc) is 2.15. The number of aryl methyl sites for hydroxylation is 1. The topological polar surface area (TPSA) is 104 Å². The predicted molar refractivity (Wildman–Crippen MR) is 62.9 cm³/mol. The van der Waals surface area contributed by atoms with E-state index in [0.29, 0.717) is 17.3 Å². The van der Waals surface area contributed by atoms with Crippen molar-refractivity contribution in [2.45, 2.75) is 30.7 Å². The van der Waals surface area contributed by atoms with E-state index in [0.717, 1.165) is 0 Å². The van der Waals surface area contributed by atoms with Crippen molar-refractivity contribution < 1.29 is 5.21 Å². The standard InChI is InChI=1S/C9H14N4O2S/c1-5-3-8(14)12-9(11-5)16-6(2)4-7(10)13-15/h3,6,15H,4H2,1-2H3,(H2,10,13)(H,11,12,14). The van der Waals surface area contributed by atoms with E-state index >= 15 is 0 Å². The molecule has 0 radical (unpaired) electrons. The first kappa shape index (κ1) is 12.6. The highest BCUT2D eigenvalue weighted by atomic mass is 32.2. The molecule has 6 nitrogen and oxygen atoms in total. The molecular weight excluding hydrogens is 228 g/mol. The highest BCUT2D eigenvalue weighted by molar-refractivity contribution is 7.99. The van der Waals surface area contributed by atoms with E-state index in [1.165, 1.54) is 17.8 Å². The quantitative estimate of drug-likeness (QED) is 0.180. The molecule has 1 heterocycles. The van der Waals surface area contributed by atoms with Crippen LogP contribution in [0.1, 0.15) is 19.0 Å². The van der Waals surface area contributed by atoms with Crippen molar-refractivity contribution in [1.82, 2.24) is 9.97 Å². The number of hydrogen-bond acceptors (Lipinski definition) is 5. The van der Waals surface area contributed by atoms with Gasteiger partial charge in [0.25, 0.3) is 5.56 Å². The molecule has 1 rings (SSSR count). The van der Waals surface area contributed by atoms with Crippen LogP contribution in [0.4, 0.5) is 0 Å². The Labute approximate surface area is 97.0 Å². The van der Waals surface area contributed by atoms with E-state index < -0.39 is 0 Å². The first-order valence-corrected chi connectivity index (χ1v) is 5.60. The largest absolute Gasteiger partial charge is 0.409 e. The lowest BCUT2D eigenvalue weighted by atomic mass is 10.3. The Bertz CT molecular complexity index is 443. The van der Waals surface area contributed by atoms with Crippen LogP contribution in [0, 0.1) is 6.92 Å². The van der Waals surface area contributed by atoms with Crippen LogP contribution >= 0.6 is 11.8 Å². The maximum atomic E-state index is 11.2. The SMILES string of the molecule is Cc1cc(=O)[nH]c(SC(C)CC(N)=NO)n1. The maximum Gasteiger partial charge on any atom is 0.251 e. The van der Waals surface area contributed by atoms with Gasteiger partial charge in [0, 0.05) is 23.4 Å². The number of aromatic amines is 1. The monoisotopic (exact) mass is 242 g/mol. The minimum absolute atomic E-state index is 0.0702. The molecule has 1 aromatic rings. The smallest absolute Gasteiger partial charge is 0.251 e. The first-order valence-electron chi connectivity index (χ1n) is 4.72. The Kier molecular flexibility index (Phi) is 4.36. The Morgan fingerprint density at radius 3 is 3.06 bits per heavy atom. The van der Waals surface area contributed by atoms with Gasteiger partial charge in [-0.15, -0.1) is 0 Å². The second-order valence-electron chi connectivity index (χ2n) is 3.42. The van der Waals surface area contributed by atoms with Crippen molar-refractivity contribution in [1.29, 1.82) is 0 Å². The summed E-state index contributed by atoms with van der Waals surface area (Å²) in [5, 5.41) is 11.9. The molecule has 0 aromatic carbocycles. The number of aromatic nitrogens is 2. The third-order valence-corrected chi connectivity index (χ3v) is 2.77. The molecule has 1 aromatic heterocycles. The minimum Gasteiger partial charge on any atom is -0.409 e. The third-order valence-electron chi connectivity index (χ3n) is 1.79. The lowest BCUT2D eigenvalue weighted by molar-refractivity contribution is 0.317. The second-order valence-corrected chi connectivity index (χ2v) is 4.84. The lowest BCUT2D eigenvalue weighted by Gasteiger charge is -2.08. The van der Waals surface area contributed by atoms with Gasteiger partial charge in [0.05, 0.1) is 0 Å². The molecule has 0 saturated heterocycles. The van der Waals surface area contributed by atoms with Gasteiger partial charge in [0.2, 0.25) is 0 Å². The van der Waals surface area contributed by atoms with Gasteiger partial charge < -0.3 is 15.9 Å². The van der Waals surface area contributed by atoms with Crippen LogP contribution in [-0.2, 0) is 0 Å². The number of H-pyrrole nitrogens is 1. The molecule has 4 N–H and O–H groups in total. The lowest BCUT2D eigenvalue weighted by Crippen LogP contribution is -2.17. The zero-order chi connectivity index (χ0) is 12.1. The fraction of sp³-hybridized carbons (Fsp3) is 0.444. The van der Waals surface area contributed by atoms with Gasteiger partial charge in [-0.05, 0) is 6.92 Å². The molecule has 0 spiro atoms. The van der Waals surface area contributed by atoms with E-state index in [9.17, 15) is 4.79 Å². The van der Waals surface area contributed by atoms with E-state index in [2.05, 4.69) is 15.1 Å². The summed E-state index contributed by atoms with van der Waals surface area (Å²) >= 11 is 1.38. The van der Waals surface area contributed by atoms with Crippen LogP contribution in [0.5, 0.6) is 0 Å². The molecule has 0 fully saturated rings. The van der Waals surface area contributed by atoms with Crippen LogP contribution < -0.4 is 11.3 Å². The minimum atomic E-state index is -0.175. The average molecular weight is 242 g/mol. The number of thioether (sulfide) groups is 1. The summed E-state index contributed by atoms with van der Waals surface area (Å²) < 4.78 is 0. The summed E-state index contributed by atoms with van der Waals surface area (Å²) in [5.74, 6) is 0.162.